The van der Waals surface area contributed by atoms with Gasteiger partial charge in [-0.15, -0.1) is 0 Å². The zero-order valence-corrected chi connectivity index (χ0v) is 19.4. The number of esters is 1. The molecule has 3 aromatic rings. The second-order valence-corrected chi connectivity index (χ2v) is 8.92. The molecule has 1 aliphatic rings. The molecular formula is C22H27N5O3S. The van der Waals surface area contributed by atoms with E-state index >= 15 is 0 Å². The predicted octanol–water partition coefficient (Wildman–Crippen LogP) is 3.72. The van der Waals surface area contributed by atoms with E-state index in [0.29, 0.717) is 35.2 Å². The van der Waals surface area contributed by atoms with Crippen LogP contribution in [-0.2, 0) is 16.0 Å². The molecule has 0 N–H and O–H groups in total. The van der Waals surface area contributed by atoms with E-state index in [1.807, 2.05) is 31.4 Å². The van der Waals surface area contributed by atoms with Crippen LogP contribution in [0.5, 0.6) is 0 Å². The number of anilines is 1. The number of thiazole rings is 1. The second-order valence-electron chi connectivity index (χ2n) is 7.94. The molecule has 0 radical (unpaired) electrons. The van der Waals surface area contributed by atoms with Crippen molar-refractivity contribution in [2.24, 2.45) is 0 Å². The van der Waals surface area contributed by atoms with Gasteiger partial charge in [-0.3, -0.25) is 9.69 Å². The third-order valence-corrected chi connectivity index (χ3v) is 6.64. The second kappa shape index (κ2) is 8.37. The fourth-order valence-electron chi connectivity index (χ4n) is 3.83. The third-order valence-electron chi connectivity index (χ3n) is 5.51. The summed E-state index contributed by atoms with van der Waals surface area (Å²) in [7, 11) is 0. The van der Waals surface area contributed by atoms with Crippen LogP contribution >= 0.6 is 11.3 Å². The Morgan fingerprint density at radius 2 is 1.94 bits per heavy atom. The van der Waals surface area contributed by atoms with Crippen LogP contribution in [-0.4, -0.2) is 44.1 Å². The molecular weight excluding hydrogens is 414 g/mol. The first-order valence-corrected chi connectivity index (χ1v) is 11.4. The Morgan fingerprint density at radius 3 is 2.61 bits per heavy atom. The normalized spacial score (nSPS) is 13.6. The Labute approximate surface area is 185 Å². The Hall–Kier alpha value is -2.81. The topological polar surface area (TPSA) is 89.7 Å². The molecule has 1 amide bonds. The Kier molecular flexibility index (Phi) is 5.79. The van der Waals surface area contributed by atoms with Crippen LogP contribution in [0.3, 0.4) is 0 Å². The van der Waals surface area contributed by atoms with Gasteiger partial charge >= 0.3 is 5.97 Å². The molecule has 1 fully saturated rings. The van der Waals surface area contributed by atoms with Crippen molar-refractivity contribution in [3.8, 4) is 0 Å². The smallest absolute Gasteiger partial charge is 0.350 e. The number of carbonyl (C=O) groups excluding carboxylic acids is 2. The number of fused-ring (bicyclic) bond motifs is 1. The number of nitrogens with zero attached hydrogens (tertiary/aromatic N) is 5. The molecule has 0 spiro atoms. The van der Waals surface area contributed by atoms with Gasteiger partial charge in [-0.05, 0) is 59.4 Å². The molecule has 0 aliphatic heterocycles. The van der Waals surface area contributed by atoms with E-state index in [0.717, 1.165) is 41.1 Å². The van der Waals surface area contributed by atoms with Gasteiger partial charge in [0.05, 0.1) is 18.0 Å². The summed E-state index contributed by atoms with van der Waals surface area (Å²) in [6.07, 6.45) is 2.84. The molecule has 0 saturated heterocycles. The molecule has 9 heteroatoms. The molecule has 3 heterocycles. The van der Waals surface area contributed by atoms with Crippen LogP contribution in [0.15, 0.2) is 6.07 Å². The minimum absolute atomic E-state index is 0.0159. The highest BCUT2D eigenvalue weighted by Crippen LogP contribution is 2.36. The van der Waals surface area contributed by atoms with Crippen LogP contribution in [0.4, 0.5) is 5.13 Å². The van der Waals surface area contributed by atoms with E-state index in [9.17, 15) is 9.59 Å². The van der Waals surface area contributed by atoms with Crippen molar-refractivity contribution in [1.82, 2.24) is 19.6 Å². The van der Waals surface area contributed by atoms with E-state index in [4.69, 9.17) is 4.74 Å². The van der Waals surface area contributed by atoms with E-state index in [2.05, 4.69) is 15.1 Å². The van der Waals surface area contributed by atoms with Crippen molar-refractivity contribution in [2.75, 3.05) is 11.5 Å². The molecule has 0 atom stereocenters. The van der Waals surface area contributed by atoms with Gasteiger partial charge in [-0.25, -0.2) is 19.3 Å². The molecule has 1 aliphatic carbocycles. The summed E-state index contributed by atoms with van der Waals surface area (Å²) in [4.78, 5) is 36.8. The Balaban J connectivity index is 1.55. The first-order valence-electron chi connectivity index (χ1n) is 10.6. The summed E-state index contributed by atoms with van der Waals surface area (Å²) >= 11 is 1.24. The fraction of sp³-hybridized carbons (Fsp3) is 0.500. The maximum Gasteiger partial charge on any atom is 0.350 e. The number of hydrogen-bond acceptors (Lipinski definition) is 7. The van der Waals surface area contributed by atoms with Crippen LogP contribution in [0, 0.1) is 27.7 Å². The molecule has 164 valence electrons. The van der Waals surface area contributed by atoms with Crippen molar-refractivity contribution in [3.63, 3.8) is 0 Å². The highest BCUT2D eigenvalue weighted by atomic mass is 32.1. The summed E-state index contributed by atoms with van der Waals surface area (Å²) in [5.74, 6) is -0.366. The number of amides is 1. The van der Waals surface area contributed by atoms with Crippen molar-refractivity contribution in [2.45, 2.75) is 66.3 Å². The Morgan fingerprint density at radius 1 is 1.19 bits per heavy atom. The standard InChI is InChI=1S/C22H27N5O3S/c1-6-30-21(29)20-14(4)24-22(31-20)26(16-7-8-16)19(28)10-9-17-13(3)23-18-11-12(2)25-27(18)15(17)5/h11,16H,6-10H2,1-5H3. The highest BCUT2D eigenvalue weighted by molar-refractivity contribution is 7.17. The summed E-state index contributed by atoms with van der Waals surface area (Å²) in [5.41, 5.74) is 5.32. The van der Waals surface area contributed by atoms with Gasteiger partial charge in [-0.1, -0.05) is 11.3 Å². The van der Waals surface area contributed by atoms with Crippen LogP contribution < -0.4 is 4.90 Å². The lowest BCUT2D eigenvalue weighted by molar-refractivity contribution is -0.118. The molecule has 31 heavy (non-hydrogen) atoms. The number of aryl methyl sites for hydroxylation is 4. The average molecular weight is 442 g/mol. The van der Waals surface area contributed by atoms with E-state index in [1.165, 1.54) is 11.3 Å². The van der Waals surface area contributed by atoms with Gasteiger partial charge in [-0.2, -0.15) is 5.10 Å². The number of rotatable bonds is 7. The van der Waals surface area contributed by atoms with Crippen molar-refractivity contribution >= 4 is 34.0 Å². The van der Waals surface area contributed by atoms with Gasteiger partial charge in [0.25, 0.3) is 0 Å². The SMILES string of the molecule is CCOC(=O)c1sc(N(C(=O)CCc2c(C)nc3cc(C)nn3c2C)C2CC2)nc1C. The van der Waals surface area contributed by atoms with Crippen molar-refractivity contribution < 1.29 is 14.3 Å². The van der Waals surface area contributed by atoms with Gasteiger partial charge in [0, 0.05) is 29.9 Å². The minimum atomic E-state index is -0.382. The van der Waals surface area contributed by atoms with E-state index in [-0.39, 0.29) is 17.9 Å². The maximum atomic E-state index is 13.2. The number of ether oxygens (including phenoxy) is 1. The number of aromatic nitrogens is 4. The lowest BCUT2D eigenvalue weighted by atomic mass is 10.1. The highest BCUT2D eigenvalue weighted by Gasteiger charge is 2.36. The van der Waals surface area contributed by atoms with Crippen LogP contribution in [0.2, 0.25) is 0 Å². The molecule has 8 nitrogen and oxygen atoms in total. The quantitative estimate of drug-likeness (QED) is 0.519. The van der Waals surface area contributed by atoms with E-state index < -0.39 is 0 Å². The zero-order valence-electron chi connectivity index (χ0n) is 18.6. The number of hydrogen-bond donors (Lipinski definition) is 0. The average Bonchev–Trinajstić information content (AvgIpc) is 3.35. The lowest BCUT2D eigenvalue weighted by Gasteiger charge is -2.20. The molecule has 1 saturated carbocycles. The minimum Gasteiger partial charge on any atom is -0.462 e. The predicted molar refractivity (Wildman–Crippen MR) is 119 cm³/mol. The molecule has 4 rings (SSSR count). The van der Waals surface area contributed by atoms with Crippen LogP contribution in [0.1, 0.15) is 64.2 Å². The number of carbonyl (C=O) groups is 2. The van der Waals surface area contributed by atoms with Crippen LogP contribution in [0.25, 0.3) is 5.65 Å². The van der Waals surface area contributed by atoms with Crippen molar-refractivity contribution in [3.05, 3.63) is 39.3 Å². The molecule has 3 aromatic heterocycles. The van der Waals surface area contributed by atoms with Crippen molar-refractivity contribution in [1.29, 1.82) is 0 Å². The lowest BCUT2D eigenvalue weighted by Crippen LogP contribution is -2.33. The van der Waals surface area contributed by atoms with E-state index in [1.54, 1.807) is 18.7 Å². The van der Waals surface area contributed by atoms with Gasteiger partial charge in [0.1, 0.15) is 4.88 Å². The molecule has 0 aromatic carbocycles. The first kappa shape index (κ1) is 21.4. The van der Waals surface area contributed by atoms with Gasteiger partial charge < -0.3 is 4.74 Å². The third kappa shape index (κ3) is 4.19. The molecule has 0 bridgehead atoms. The monoisotopic (exact) mass is 441 g/mol. The largest absolute Gasteiger partial charge is 0.462 e. The fourth-order valence-corrected chi connectivity index (χ4v) is 4.88. The zero-order chi connectivity index (χ0) is 22.3. The molecule has 0 unspecified atom stereocenters. The summed E-state index contributed by atoms with van der Waals surface area (Å²) in [6, 6.07) is 2.11. The summed E-state index contributed by atoms with van der Waals surface area (Å²) in [5, 5.41) is 5.09. The summed E-state index contributed by atoms with van der Waals surface area (Å²) < 4.78 is 6.96. The van der Waals surface area contributed by atoms with Gasteiger partial charge in [0.15, 0.2) is 10.8 Å². The van der Waals surface area contributed by atoms with Gasteiger partial charge in [0.2, 0.25) is 5.91 Å². The Bertz CT molecular complexity index is 1160. The first-order chi connectivity index (χ1) is 14.8. The summed E-state index contributed by atoms with van der Waals surface area (Å²) in [6.45, 7) is 9.80. The maximum absolute atomic E-state index is 13.2.